The lowest BCUT2D eigenvalue weighted by atomic mass is 9.92. The molecule has 5 nitrogen and oxygen atoms in total. The fourth-order valence-corrected chi connectivity index (χ4v) is 1.56. The van der Waals surface area contributed by atoms with E-state index in [0.29, 0.717) is 0 Å². The lowest BCUT2D eigenvalue weighted by Crippen LogP contribution is -2.51. The molecule has 0 spiro atoms. The van der Waals surface area contributed by atoms with Crippen LogP contribution < -0.4 is 5.32 Å². The summed E-state index contributed by atoms with van der Waals surface area (Å²) in [5.74, 6) is -1.89. The number of benzene rings is 1. The zero-order chi connectivity index (χ0) is 15.6. The van der Waals surface area contributed by atoms with E-state index in [1.54, 1.807) is 20.8 Å². The number of carboxylic acid groups (broad SMARTS) is 1. The highest BCUT2D eigenvalue weighted by Crippen LogP contribution is 2.22. The molecule has 0 aliphatic carbocycles. The second-order valence-electron chi connectivity index (χ2n) is 5.57. The van der Waals surface area contributed by atoms with Crippen molar-refractivity contribution in [3.63, 3.8) is 0 Å². The van der Waals surface area contributed by atoms with Crippen molar-refractivity contribution in [2.75, 3.05) is 0 Å². The summed E-state index contributed by atoms with van der Waals surface area (Å²) in [5, 5.41) is 11.6. The molecule has 1 aromatic carbocycles. The van der Waals surface area contributed by atoms with Crippen LogP contribution in [0.1, 0.15) is 33.3 Å². The summed E-state index contributed by atoms with van der Waals surface area (Å²) in [6.07, 6.45) is -0.883. The van der Waals surface area contributed by atoms with Gasteiger partial charge in [-0.15, -0.1) is 0 Å². The number of amides is 1. The smallest absolute Gasteiger partial charge is 0.408 e. The molecule has 0 saturated heterocycles. The van der Waals surface area contributed by atoms with Crippen molar-refractivity contribution in [1.29, 1.82) is 0 Å². The molecule has 0 aliphatic rings. The quantitative estimate of drug-likeness (QED) is 0.894. The zero-order valence-corrected chi connectivity index (χ0v) is 11.9. The summed E-state index contributed by atoms with van der Waals surface area (Å²) in [7, 11) is 0. The summed E-state index contributed by atoms with van der Waals surface area (Å²) in [6.45, 7) is 6.25. The first kappa shape index (κ1) is 15.9. The Morgan fingerprint density at radius 2 is 1.85 bits per heavy atom. The van der Waals surface area contributed by atoms with Crippen LogP contribution in [0.25, 0.3) is 0 Å². The Kier molecular flexibility index (Phi) is 4.37. The van der Waals surface area contributed by atoms with E-state index in [1.807, 2.05) is 0 Å². The number of carbonyl (C=O) groups excluding carboxylic acids is 1. The maximum Gasteiger partial charge on any atom is 0.408 e. The molecule has 1 amide bonds. The number of rotatable bonds is 3. The number of carboxylic acids is 1. The van der Waals surface area contributed by atoms with Gasteiger partial charge in [-0.1, -0.05) is 12.1 Å². The molecular weight excluding hydrogens is 265 g/mol. The zero-order valence-electron chi connectivity index (χ0n) is 11.9. The normalized spacial score (nSPS) is 14.2. The van der Waals surface area contributed by atoms with Crippen molar-refractivity contribution in [2.24, 2.45) is 0 Å². The van der Waals surface area contributed by atoms with Crippen molar-refractivity contribution >= 4 is 12.1 Å². The molecule has 0 fully saturated rings. The van der Waals surface area contributed by atoms with E-state index in [1.165, 1.54) is 25.1 Å². The summed E-state index contributed by atoms with van der Waals surface area (Å²) < 4.78 is 18.3. The first-order valence-corrected chi connectivity index (χ1v) is 6.05. The maximum absolute atomic E-state index is 13.2. The molecule has 1 atom stereocenters. The van der Waals surface area contributed by atoms with Crippen LogP contribution in [-0.4, -0.2) is 22.8 Å². The van der Waals surface area contributed by atoms with Crippen LogP contribution in [0.4, 0.5) is 9.18 Å². The van der Waals surface area contributed by atoms with Gasteiger partial charge in [0.1, 0.15) is 11.4 Å². The lowest BCUT2D eigenvalue weighted by molar-refractivity contribution is -0.144. The number of ether oxygens (including phenoxy) is 1. The van der Waals surface area contributed by atoms with Crippen LogP contribution in [0.15, 0.2) is 24.3 Å². The van der Waals surface area contributed by atoms with E-state index >= 15 is 0 Å². The molecule has 1 aromatic rings. The molecule has 1 rings (SSSR count). The van der Waals surface area contributed by atoms with E-state index in [0.717, 1.165) is 6.07 Å². The molecule has 20 heavy (non-hydrogen) atoms. The second kappa shape index (κ2) is 5.48. The van der Waals surface area contributed by atoms with Gasteiger partial charge in [0.15, 0.2) is 5.54 Å². The number of hydrogen-bond donors (Lipinski definition) is 2. The molecule has 0 aromatic heterocycles. The van der Waals surface area contributed by atoms with Gasteiger partial charge < -0.3 is 15.2 Å². The minimum atomic E-state index is -1.77. The number of alkyl carbamates (subject to hydrolysis) is 1. The van der Waals surface area contributed by atoms with Crippen LogP contribution in [-0.2, 0) is 15.1 Å². The third-order valence-electron chi connectivity index (χ3n) is 2.58. The van der Waals surface area contributed by atoms with Gasteiger partial charge in [0.2, 0.25) is 0 Å². The minimum absolute atomic E-state index is 0.121. The Bertz CT molecular complexity index is 524. The van der Waals surface area contributed by atoms with Gasteiger partial charge in [-0.25, -0.2) is 14.0 Å². The average Bonchev–Trinajstić information content (AvgIpc) is 2.25. The predicted molar refractivity (Wildman–Crippen MR) is 70.8 cm³/mol. The van der Waals surface area contributed by atoms with E-state index < -0.39 is 29.0 Å². The highest BCUT2D eigenvalue weighted by Gasteiger charge is 2.38. The van der Waals surface area contributed by atoms with Crippen LogP contribution >= 0.6 is 0 Å². The Hall–Kier alpha value is -2.11. The van der Waals surface area contributed by atoms with Gasteiger partial charge in [-0.2, -0.15) is 0 Å². The Morgan fingerprint density at radius 3 is 2.30 bits per heavy atom. The topological polar surface area (TPSA) is 75.6 Å². The van der Waals surface area contributed by atoms with Crippen molar-refractivity contribution < 1.29 is 23.8 Å². The van der Waals surface area contributed by atoms with Gasteiger partial charge >= 0.3 is 12.1 Å². The van der Waals surface area contributed by atoms with Crippen LogP contribution in [0.3, 0.4) is 0 Å². The molecule has 0 aliphatic heterocycles. The van der Waals surface area contributed by atoms with E-state index in [4.69, 9.17) is 4.74 Å². The summed E-state index contributed by atoms with van der Waals surface area (Å²) >= 11 is 0. The Labute approximate surface area is 116 Å². The highest BCUT2D eigenvalue weighted by atomic mass is 19.1. The van der Waals surface area contributed by atoms with Crippen LogP contribution in [0, 0.1) is 5.82 Å². The van der Waals surface area contributed by atoms with Crippen LogP contribution in [0.5, 0.6) is 0 Å². The summed E-state index contributed by atoms with van der Waals surface area (Å²) in [4.78, 5) is 23.2. The molecule has 0 bridgehead atoms. The predicted octanol–water partition coefficient (Wildman–Crippen LogP) is 2.65. The van der Waals surface area contributed by atoms with Gasteiger partial charge in [-0.05, 0) is 45.4 Å². The Balaban J connectivity index is 3.05. The molecular formula is C14H18FNO4. The number of aliphatic carboxylic acids is 1. The molecule has 0 saturated carbocycles. The van der Waals surface area contributed by atoms with Crippen LogP contribution in [0.2, 0.25) is 0 Å². The third kappa shape index (κ3) is 3.94. The van der Waals surface area contributed by atoms with E-state index in [-0.39, 0.29) is 5.56 Å². The standard InChI is InChI=1S/C14H18FNO4/c1-13(2,3)20-12(19)16-14(4,11(17)18)9-6-5-7-10(15)8-9/h5-8H,1-4H3,(H,16,19)(H,17,18). The number of halogens is 1. The largest absolute Gasteiger partial charge is 0.479 e. The first-order chi connectivity index (χ1) is 9.04. The fourth-order valence-electron chi connectivity index (χ4n) is 1.56. The SMILES string of the molecule is CC(C)(C)OC(=O)NC(C)(C(=O)O)c1cccc(F)c1. The van der Waals surface area contributed by atoms with Gasteiger partial charge in [0.25, 0.3) is 0 Å². The van der Waals surface area contributed by atoms with Gasteiger partial charge in [-0.3, -0.25) is 0 Å². The molecule has 1 unspecified atom stereocenters. The Morgan fingerprint density at radius 1 is 1.25 bits per heavy atom. The van der Waals surface area contributed by atoms with Crippen molar-refractivity contribution in [1.82, 2.24) is 5.32 Å². The van der Waals surface area contributed by atoms with Gasteiger partial charge in [0.05, 0.1) is 0 Å². The van der Waals surface area contributed by atoms with Gasteiger partial charge in [0, 0.05) is 0 Å². The third-order valence-corrected chi connectivity index (χ3v) is 2.58. The molecule has 6 heteroatoms. The summed E-state index contributed by atoms with van der Waals surface area (Å²) in [5.41, 5.74) is -2.41. The van der Waals surface area contributed by atoms with Crippen molar-refractivity contribution in [3.05, 3.63) is 35.6 Å². The molecule has 110 valence electrons. The average molecular weight is 283 g/mol. The van der Waals surface area contributed by atoms with Crippen molar-refractivity contribution in [2.45, 2.75) is 38.8 Å². The second-order valence-corrected chi connectivity index (χ2v) is 5.57. The highest BCUT2D eigenvalue weighted by molar-refractivity contribution is 5.85. The first-order valence-electron chi connectivity index (χ1n) is 6.05. The molecule has 0 radical (unpaired) electrons. The molecule has 2 N–H and O–H groups in total. The van der Waals surface area contributed by atoms with E-state index in [9.17, 15) is 19.1 Å². The molecule has 0 heterocycles. The number of carbonyl (C=O) groups is 2. The monoisotopic (exact) mass is 283 g/mol. The minimum Gasteiger partial charge on any atom is -0.479 e. The van der Waals surface area contributed by atoms with E-state index in [2.05, 4.69) is 5.32 Å². The number of hydrogen-bond acceptors (Lipinski definition) is 3. The fraction of sp³-hybridized carbons (Fsp3) is 0.429. The lowest BCUT2D eigenvalue weighted by Gasteiger charge is -2.28. The van der Waals surface area contributed by atoms with Crippen molar-refractivity contribution in [3.8, 4) is 0 Å². The summed E-state index contributed by atoms with van der Waals surface area (Å²) in [6, 6.07) is 5.06. The maximum atomic E-state index is 13.2. The number of nitrogens with one attached hydrogen (secondary N) is 1.